The number of carbonyl (C=O) groups is 1. The Balaban J connectivity index is 0.000000751. The number of aryl methyl sites for hydroxylation is 2. The summed E-state index contributed by atoms with van der Waals surface area (Å²) in [5.74, 6) is 1.24. The van der Waals surface area contributed by atoms with Crippen molar-refractivity contribution in [2.75, 3.05) is 45.9 Å². The van der Waals surface area contributed by atoms with Crippen LogP contribution in [0, 0.1) is 13.8 Å². The summed E-state index contributed by atoms with van der Waals surface area (Å²) in [6.45, 7) is 11.9. The van der Waals surface area contributed by atoms with Gasteiger partial charge in [0.25, 0.3) is 5.56 Å². The zero-order valence-electron chi connectivity index (χ0n) is 44.5. The number of allylic oxidation sites excluding steroid dienone is 1. The van der Waals surface area contributed by atoms with Gasteiger partial charge in [-0.15, -0.1) is 0 Å². The molecule has 13 aromatic rings. The lowest BCUT2D eigenvalue weighted by atomic mass is 9.82. The third-order valence-electron chi connectivity index (χ3n) is 14.9. The lowest BCUT2D eigenvalue weighted by molar-refractivity contribution is 0.101. The number of nitrogens with two attached hydrogens (primary N) is 8. The first-order valence-electron chi connectivity index (χ1n) is 25.8. The number of ether oxygens (including phenoxy) is 4. The van der Waals surface area contributed by atoms with Crippen molar-refractivity contribution in [3.05, 3.63) is 185 Å². The van der Waals surface area contributed by atoms with Crippen molar-refractivity contribution in [1.29, 1.82) is 0 Å². The summed E-state index contributed by atoms with van der Waals surface area (Å²) in [6, 6.07) is 42.8. The lowest BCUT2D eigenvalue weighted by Gasteiger charge is -2.26. The van der Waals surface area contributed by atoms with Crippen LogP contribution in [-0.2, 0) is 0 Å². The Bertz CT molecular complexity index is 4730. The predicted octanol–water partition coefficient (Wildman–Crippen LogP) is 13.9. The number of fused-ring (bicyclic) bond motifs is 6. The molecule has 0 aliphatic heterocycles. The van der Waals surface area contributed by atoms with E-state index in [1.54, 1.807) is 95.4 Å². The molecule has 16 N–H and O–H groups in total. The molecule has 16 nitrogen and oxygen atoms in total. The third kappa shape index (κ3) is 8.11. The quantitative estimate of drug-likeness (QED) is 0.0273. The molecule has 400 valence electrons. The van der Waals surface area contributed by atoms with Crippen molar-refractivity contribution in [2.24, 2.45) is 0 Å². The molecule has 11 aromatic carbocycles. The van der Waals surface area contributed by atoms with Gasteiger partial charge in [0.05, 0.1) is 61.9 Å². The van der Waals surface area contributed by atoms with Gasteiger partial charge in [0.15, 0.2) is 28.8 Å². The number of anilines is 8. The van der Waals surface area contributed by atoms with Crippen LogP contribution in [0.1, 0.15) is 40.9 Å². The molecule has 0 aliphatic carbocycles. The standard InChI is InChI=1S/C57H44N10O6.C8H10/c1-24(2)26-20-40(70-36-16-6-10-30(58)52(36)62)46-49-43(73-39-19-9-13-33(61)55(39)65)23-29-45-28(56-66-34-14-4-5-15-35(34)67(56)57(29)69)22-42(72-38-18-8-12-32(60)54(38)64)48(51(45)49)47-41(21-27(25(3)68)44(26)50(46)47)71-37-17-7-11-31(59)53(37)63;1-7-5-3-4-6-8(7)2/h4-23H,1,58-65H2,2-3H3;3-6H,1-2H3. The Labute approximate surface area is 462 Å². The fourth-order valence-electron chi connectivity index (χ4n) is 10.7. The zero-order valence-corrected chi connectivity index (χ0v) is 44.5. The van der Waals surface area contributed by atoms with Gasteiger partial charge < -0.3 is 64.8 Å². The first-order chi connectivity index (χ1) is 38.9. The minimum atomic E-state index is -0.402. The number of hydrogen-bond acceptors (Lipinski definition) is 15. The molecule has 0 saturated carbocycles. The summed E-state index contributed by atoms with van der Waals surface area (Å²) in [6.07, 6.45) is 0. The van der Waals surface area contributed by atoms with Gasteiger partial charge in [-0.05, 0) is 129 Å². The summed E-state index contributed by atoms with van der Waals surface area (Å²) in [5, 5.41) is 4.12. The van der Waals surface area contributed by atoms with Crippen LogP contribution in [0.5, 0.6) is 46.0 Å². The van der Waals surface area contributed by atoms with E-state index in [9.17, 15) is 4.79 Å². The van der Waals surface area contributed by atoms with Gasteiger partial charge in [-0.2, -0.15) is 0 Å². The van der Waals surface area contributed by atoms with Crippen molar-refractivity contribution in [3.8, 4) is 46.0 Å². The molecule has 0 spiro atoms. The second-order valence-electron chi connectivity index (χ2n) is 20.1. The molecule has 0 atom stereocenters. The highest BCUT2D eigenvalue weighted by molar-refractivity contribution is 6.43. The maximum absolute atomic E-state index is 15.5. The Morgan fingerprint density at radius 2 is 0.815 bits per heavy atom. The number of Topliss-reactive ketones (excluding diaryl/α,β-unsaturated/α-hetero) is 1. The number of nitrogens with zero attached hydrogens (tertiary/aromatic N) is 2. The SMILES string of the molecule is C=C(C)c1cc(Oc2cccc(N)c2N)c2c3c(Oc4cccc(N)c4N)cc4c(=O)n5c6ccccc6nc5c5cc(Oc6cccc(N)c6N)c(c6c(Oc7cccc(N)c7N)cc(C(C)=O)c1c26)c3c45.Cc1ccccc1C. The van der Waals surface area contributed by atoms with Crippen LogP contribution in [0.2, 0.25) is 0 Å². The van der Waals surface area contributed by atoms with E-state index < -0.39 is 5.56 Å². The number of rotatable bonds is 10. The van der Waals surface area contributed by atoms with Crippen molar-refractivity contribution in [2.45, 2.75) is 27.7 Å². The summed E-state index contributed by atoms with van der Waals surface area (Å²) >= 11 is 0. The second kappa shape index (κ2) is 19.1. The van der Waals surface area contributed by atoms with Crippen LogP contribution < -0.4 is 70.4 Å². The Kier molecular flexibility index (Phi) is 12.0. The molecule has 0 aliphatic rings. The molecule has 13 rings (SSSR count). The normalized spacial score (nSPS) is 11.5. The maximum Gasteiger partial charge on any atom is 0.264 e. The van der Waals surface area contributed by atoms with E-state index in [4.69, 9.17) is 69.8 Å². The second-order valence-corrected chi connectivity index (χ2v) is 20.1. The molecule has 81 heavy (non-hydrogen) atoms. The van der Waals surface area contributed by atoms with Crippen LogP contribution in [0.25, 0.3) is 76.1 Å². The average molecular weight is 1070 g/mol. The molecule has 2 heterocycles. The van der Waals surface area contributed by atoms with Crippen LogP contribution in [0.15, 0.2) is 157 Å². The Hall–Kier alpha value is -11.1. The van der Waals surface area contributed by atoms with Gasteiger partial charge in [-0.1, -0.05) is 72.8 Å². The van der Waals surface area contributed by atoms with Crippen LogP contribution in [0.4, 0.5) is 45.5 Å². The van der Waals surface area contributed by atoms with Crippen molar-refractivity contribution in [3.63, 3.8) is 0 Å². The number of imidazole rings is 1. The van der Waals surface area contributed by atoms with Gasteiger partial charge in [-0.3, -0.25) is 14.0 Å². The highest BCUT2D eigenvalue weighted by Crippen LogP contribution is 2.58. The summed E-state index contributed by atoms with van der Waals surface area (Å²) < 4.78 is 29.6. The van der Waals surface area contributed by atoms with Crippen molar-refractivity contribution in [1.82, 2.24) is 9.38 Å². The first-order valence-corrected chi connectivity index (χ1v) is 25.8. The molecule has 0 saturated heterocycles. The highest BCUT2D eigenvalue weighted by Gasteiger charge is 2.33. The van der Waals surface area contributed by atoms with Crippen LogP contribution in [-0.4, -0.2) is 15.2 Å². The van der Waals surface area contributed by atoms with E-state index in [-0.39, 0.29) is 108 Å². The molecule has 0 fully saturated rings. The maximum atomic E-state index is 15.5. The molecular formula is C65H54N10O6. The third-order valence-corrected chi connectivity index (χ3v) is 14.9. The molecule has 16 heteroatoms. The lowest BCUT2D eigenvalue weighted by Crippen LogP contribution is -2.14. The largest absolute Gasteiger partial charge is 0.454 e. The Morgan fingerprint density at radius 3 is 1.23 bits per heavy atom. The van der Waals surface area contributed by atoms with Gasteiger partial charge in [-0.25, -0.2) is 4.98 Å². The summed E-state index contributed by atoms with van der Waals surface area (Å²) in [5.41, 5.74) is 59.3. The predicted molar refractivity (Wildman–Crippen MR) is 331 cm³/mol. The smallest absolute Gasteiger partial charge is 0.264 e. The molecule has 0 unspecified atom stereocenters. The zero-order chi connectivity index (χ0) is 56.9. The summed E-state index contributed by atoms with van der Waals surface area (Å²) in [4.78, 5) is 35.0. The number of benzene rings is 11. The molecule has 0 amide bonds. The minimum absolute atomic E-state index is 0.144. The van der Waals surface area contributed by atoms with Gasteiger partial charge in [0, 0.05) is 54.0 Å². The number of hydrogen-bond donors (Lipinski definition) is 8. The molecule has 2 aromatic heterocycles. The average Bonchev–Trinajstić information content (AvgIpc) is 1.92. The van der Waals surface area contributed by atoms with Gasteiger partial charge in [0.1, 0.15) is 28.6 Å². The van der Waals surface area contributed by atoms with E-state index in [1.807, 2.05) is 37.3 Å². The monoisotopic (exact) mass is 1070 g/mol. The number of nitrogen functional groups attached to an aromatic ring is 8. The van der Waals surface area contributed by atoms with Crippen LogP contribution >= 0.6 is 0 Å². The molecular weight excluding hydrogens is 1020 g/mol. The van der Waals surface area contributed by atoms with Crippen LogP contribution in [0.3, 0.4) is 0 Å². The molecule has 0 radical (unpaired) electrons. The topological polar surface area (TPSA) is 297 Å². The number of pyridine rings is 1. The fraction of sp³-hybridized carbons (Fsp3) is 0.0615. The summed E-state index contributed by atoms with van der Waals surface area (Å²) in [7, 11) is 0. The van der Waals surface area contributed by atoms with E-state index in [0.29, 0.717) is 76.3 Å². The highest BCUT2D eigenvalue weighted by atomic mass is 16.5. The van der Waals surface area contributed by atoms with E-state index in [1.165, 1.54) is 18.1 Å². The number of carbonyl (C=O) groups excluding carboxylic acids is 1. The number of ketones is 1. The van der Waals surface area contributed by atoms with E-state index in [2.05, 4.69) is 44.7 Å². The van der Waals surface area contributed by atoms with E-state index in [0.717, 1.165) is 0 Å². The number of aromatic nitrogens is 2. The fourth-order valence-corrected chi connectivity index (χ4v) is 10.7. The number of para-hydroxylation sites is 6. The van der Waals surface area contributed by atoms with Crippen molar-refractivity contribution < 1.29 is 23.7 Å². The first kappa shape index (κ1) is 50.7. The molecule has 0 bridgehead atoms. The van der Waals surface area contributed by atoms with Gasteiger partial charge >= 0.3 is 0 Å². The van der Waals surface area contributed by atoms with E-state index >= 15 is 4.79 Å². The van der Waals surface area contributed by atoms with Gasteiger partial charge in [0.2, 0.25) is 0 Å². The van der Waals surface area contributed by atoms with Crippen molar-refractivity contribution >= 4 is 127 Å². The Morgan fingerprint density at radius 1 is 0.432 bits per heavy atom. The minimum Gasteiger partial charge on any atom is -0.454 e.